The van der Waals surface area contributed by atoms with E-state index in [0.29, 0.717) is 12.1 Å². The van der Waals surface area contributed by atoms with Gasteiger partial charge in [-0.25, -0.2) is 4.39 Å². The van der Waals surface area contributed by atoms with Crippen LogP contribution >= 0.6 is 0 Å². The summed E-state index contributed by atoms with van der Waals surface area (Å²) in [5.41, 5.74) is 0.348. The van der Waals surface area contributed by atoms with Crippen LogP contribution in [0.1, 0.15) is 31.4 Å². The fraction of sp³-hybridized carbons (Fsp3) is 0.562. The van der Waals surface area contributed by atoms with Crippen molar-refractivity contribution in [3.05, 3.63) is 35.6 Å². The summed E-state index contributed by atoms with van der Waals surface area (Å²) >= 11 is 0. The van der Waals surface area contributed by atoms with E-state index < -0.39 is 6.10 Å². The first-order valence-corrected chi connectivity index (χ1v) is 7.37. The second kappa shape index (κ2) is 7.00. The maximum atomic E-state index is 13.6. The quantitative estimate of drug-likeness (QED) is 0.921. The fourth-order valence-electron chi connectivity index (χ4n) is 2.83. The molecule has 1 aliphatic rings. The number of likely N-dealkylation sites (tertiary alicyclic amines) is 1. The third-order valence-corrected chi connectivity index (χ3v) is 4.30. The number of hydrogen-bond donors (Lipinski definition) is 1. The smallest absolute Gasteiger partial charge is 0.219 e. The molecule has 1 saturated heterocycles. The summed E-state index contributed by atoms with van der Waals surface area (Å²) in [7, 11) is 1.83. The minimum atomic E-state index is -0.812. The molecule has 1 unspecified atom stereocenters. The summed E-state index contributed by atoms with van der Waals surface area (Å²) in [4.78, 5) is 15.3. The molecule has 1 aliphatic heterocycles. The summed E-state index contributed by atoms with van der Waals surface area (Å²) in [6.07, 6.45) is 0.966. The lowest BCUT2D eigenvalue weighted by Gasteiger charge is -2.37. The van der Waals surface area contributed by atoms with Crippen molar-refractivity contribution in [1.29, 1.82) is 0 Å². The highest BCUT2D eigenvalue weighted by molar-refractivity contribution is 5.73. The van der Waals surface area contributed by atoms with Gasteiger partial charge in [0.2, 0.25) is 5.91 Å². The molecule has 4 nitrogen and oxygen atoms in total. The van der Waals surface area contributed by atoms with Gasteiger partial charge in [0.1, 0.15) is 5.82 Å². The van der Waals surface area contributed by atoms with E-state index in [4.69, 9.17) is 0 Å². The fourth-order valence-corrected chi connectivity index (χ4v) is 2.83. The minimum Gasteiger partial charge on any atom is -0.387 e. The highest BCUT2D eigenvalue weighted by Crippen LogP contribution is 2.21. The Labute approximate surface area is 125 Å². The maximum absolute atomic E-state index is 13.6. The number of hydrogen-bond acceptors (Lipinski definition) is 3. The molecule has 2 rings (SSSR count). The van der Waals surface area contributed by atoms with Gasteiger partial charge in [0, 0.05) is 45.2 Å². The standard InChI is InChI=1S/C16H23FN2O2/c1-12(20)18(2)13-7-9-19(10-8-13)11-16(21)14-5-3-4-6-15(14)17/h3-6,13,16,21H,7-11H2,1-2H3. The van der Waals surface area contributed by atoms with Gasteiger partial charge in [-0.2, -0.15) is 0 Å². The van der Waals surface area contributed by atoms with E-state index in [1.807, 2.05) is 7.05 Å². The average Bonchev–Trinajstić information content (AvgIpc) is 2.47. The number of carbonyl (C=O) groups excluding carboxylic acids is 1. The van der Waals surface area contributed by atoms with Crippen molar-refractivity contribution in [3.8, 4) is 0 Å². The van der Waals surface area contributed by atoms with Crippen LogP contribution in [0.2, 0.25) is 0 Å². The molecule has 1 aromatic carbocycles. The number of aliphatic hydroxyl groups excluding tert-OH is 1. The molecular formula is C16H23FN2O2. The number of carbonyl (C=O) groups is 1. The average molecular weight is 294 g/mol. The topological polar surface area (TPSA) is 43.8 Å². The van der Waals surface area contributed by atoms with E-state index >= 15 is 0 Å². The SMILES string of the molecule is CC(=O)N(C)C1CCN(CC(O)c2ccccc2F)CC1. The molecule has 116 valence electrons. The van der Waals surface area contributed by atoms with Crippen molar-refractivity contribution in [3.63, 3.8) is 0 Å². The van der Waals surface area contributed by atoms with Crippen LogP contribution in [0.4, 0.5) is 4.39 Å². The Kier molecular flexibility index (Phi) is 5.31. The van der Waals surface area contributed by atoms with Crippen LogP contribution in [-0.2, 0) is 4.79 Å². The first-order valence-electron chi connectivity index (χ1n) is 7.37. The van der Waals surface area contributed by atoms with E-state index in [2.05, 4.69) is 4.90 Å². The van der Waals surface area contributed by atoms with E-state index in [-0.39, 0.29) is 17.8 Å². The molecule has 0 aliphatic carbocycles. The summed E-state index contributed by atoms with van der Waals surface area (Å²) in [5.74, 6) is -0.281. The third kappa shape index (κ3) is 4.02. The van der Waals surface area contributed by atoms with E-state index in [9.17, 15) is 14.3 Å². The minimum absolute atomic E-state index is 0.0832. The van der Waals surface area contributed by atoms with Crippen LogP contribution in [0, 0.1) is 5.82 Å². The molecule has 5 heteroatoms. The van der Waals surface area contributed by atoms with Crippen molar-refractivity contribution in [2.24, 2.45) is 0 Å². The van der Waals surface area contributed by atoms with Crippen LogP contribution in [0.5, 0.6) is 0 Å². The molecule has 1 atom stereocenters. The van der Waals surface area contributed by atoms with Crippen LogP contribution in [0.15, 0.2) is 24.3 Å². The first kappa shape index (κ1) is 15.9. The Balaban J connectivity index is 1.86. The Bertz CT molecular complexity index is 487. The number of β-amino-alcohol motifs (C(OH)–C–C–N with tert-alkyl or cyclic N) is 1. The molecule has 0 radical (unpaired) electrons. The Morgan fingerprint density at radius 1 is 1.43 bits per heavy atom. The zero-order valence-electron chi connectivity index (χ0n) is 12.6. The summed E-state index contributed by atoms with van der Waals surface area (Å²) < 4.78 is 13.6. The van der Waals surface area contributed by atoms with E-state index in [1.54, 1.807) is 30.0 Å². The molecule has 1 amide bonds. The molecule has 0 bridgehead atoms. The van der Waals surface area contributed by atoms with E-state index in [1.165, 1.54) is 6.07 Å². The molecule has 0 saturated carbocycles. The number of nitrogens with zero attached hydrogens (tertiary/aromatic N) is 2. The van der Waals surface area contributed by atoms with Crippen molar-refractivity contribution < 1.29 is 14.3 Å². The Hall–Kier alpha value is -1.46. The summed E-state index contributed by atoms with van der Waals surface area (Å²) in [6.45, 7) is 3.63. The summed E-state index contributed by atoms with van der Waals surface area (Å²) in [5, 5.41) is 10.2. The highest BCUT2D eigenvalue weighted by Gasteiger charge is 2.25. The monoisotopic (exact) mass is 294 g/mol. The molecule has 1 fully saturated rings. The number of benzene rings is 1. The highest BCUT2D eigenvalue weighted by atomic mass is 19.1. The number of halogens is 1. The van der Waals surface area contributed by atoms with Crippen molar-refractivity contribution in [1.82, 2.24) is 9.80 Å². The number of piperidine rings is 1. The maximum Gasteiger partial charge on any atom is 0.219 e. The Morgan fingerprint density at radius 3 is 2.62 bits per heavy atom. The van der Waals surface area contributed by atoms with Crippen molar-refractivity contribution in [2.45, 2.75) is 31.9 Å². The largest absolute Gasteiger partial charge is 0.387 e. The van der Waals surface area contributed by atoms with Gasteiger partial charge in [0.15, 0.2) is 0 Å². The normalized spacial score (nSPS) is 18.5. The zero-order valence-corrected chi connectivity index (χ0v) is 12.6. The third-order valence-electron chi connectivity index (χ3n) is 4.30. The second-order valence-electron chi connectivity index (χ2n) is 5.70. The van der Waals surface area contributed by atoms with Crippen LogP contribution in [-0.4, -0.2) is 53.5 Å². The van der Waals surface area contributed by atoms with Gasteiger partial charge in [0.25, 0.3) is 0 Å². The van der Waals surface area contributed by atoms with Gasteiger partial charge in [-0.15, -0.1) is 0 Å². The van der Waals surface area contributed by atoms with Gasteiger partial charge in [-0.3, -0.25) is 4.79 Å². The van der Waals surface area contributed by atoms with Gasteiger partial charge >= 0.3 is 0 Å². The zero-order chi connectivity index (χ0) is 15.4. The van der Waals surface area contributed by atoms with Gasteiger partial charge < -0.3 is 14.9 Å². The first-order chi connectivity index (χ1) is 9.99. The van der Waals surface area contributed by atoms with Crippen LogP contribution < -0.4 is 0 Å². The van der Waals surface area contributed by atoms with Crippen molar-refractivity contribution in [2.75, 3.05) is 26.7 Å². The van der Waals surface area contributed by atoms with Gasteiger partial charge in [-0.05, 0) is 18.9 Å². The molecule has 1 N–H and O–H groups in total. The molecule has 1 heterocycles. The molecule has 0 spiro atoms. The molecule has 0 aromatic heterocycles. The lowest BCUT2D eigenvalue weighted by molar-refractivity contribution is -0.130. The molecule has 21 heavy (non-hydrogen) atoms. The predicted octanol–water partition coefficient (Wildman–Crippen LogP) is 1.80. The predicted molar refractivity (Wildman–Crippen MR) is 79.3 cm³/mol. The lowest BCUT2D eigenvalue weighted by Crippen LogP contribution is -2.45. The van der Waals surface area contributed by atoms with Crippen molar-refractivity contribution >= 4 is 5.91 Å². The Morgan fingerprint density at radius 2 is 2.05 bits per heavy atom. The van der Waals surface area contributed by atoms with Crippen LogP contribution in [0.3, 0.4) is 0 Å². The number of aliphatic hydroxyl groups is 1. The van der Waals surface area contributed by atoms with E-state index in [0.717, 1.165) is 25.9 Å². The molecule has 1 aromatic rings. The number of amides is 1. The van der Waals surface area contributed by atoms with Crippen LogP contribution in [0.25, 0.3) is 0 Å². The molecular weight excluding hydrogens is 271 g/mol. The number of rotatable bonds is 4. The summed E-state index contributed by atoms with van der Waals surface area (Å²) in [6, 6.07) is 6.61. The van der Waals surface area contributed by atoms with Gasteiger partial charge in [-0.1, -0.05) is 18.2 Å². The lowest BCUT2D eigenvalue weighted by atomic mass is 10.0. The second-order valence-corrected chi connectivity index (χ2v) is 5.70. The van der Waals surface area contributed by atoms with Gasteiger partial charge in [0.05, 0.1) is 6.10 Å².